The summed E-state index contributed by atoms with van der Waals surface area (Å²) in [5.41, 5.74) is 1.70. The smallest absolute Gasteiger partial charge is 0.265 e. The lowest BCUT2D eigenvalue weighted by Crippen LogP contribution is -2.32. The molecule has 0 saturated carbocycles. The second-order valence-electron chi connectivity index (χ2n) is 4.77. The van der Waals surface area contributed by atoms with E-state index in [-0.39, 0.29) is 30.7 Å². The van der Waals surface area contributed by atoms with Gasteiger partial charge in [-0.15, -0.1) is 36.2 Å². The van der Waals surface area contributed by atoms with E-state index in [0.29, 0.717) is 16.4 Å². The summed E-state index contributed by atoms with van der Waals surface area (Å²) in [5.74, 6) is 0.00790. The summed E-state index contributed by atoms with van der Waals surface area (Å²) in [4.78, 5) is 19.3. The molecule has 1 aromatic carbocycles. The molecular weight excluding hydrogens is 377 g/mol. The van der Waals surface area contributed by atoms with Crippen molar-refractivity contribution in [2.75, 3.05) is 27.2 Å². The molecule has 0 aliphatic rings. The highest BCUT2D eigenvalue weighted by atomic mass is 35.5. The molecule has 0 spiro atoms. The van der Waals surface area contributed by atoms with Crippen LogP contribution in [-0.4, -0.2) is 43.0 Å². The first-order valence-electron chi connectivity index (χ1n) is 6.66. The van der Waals surface area contributed by atoms with Gasteiger partial charge < -0.3 is 10.2 Å². The first-order valence-corrected chi connectivity index (χ1v) is 7.85. The van der Waals surface area contributed by atoms with Gasteiger partial charge in [0.2, 0.25) is 0 Å². The van der Waals surface area contributed by atoms with Crippen LogP contribution in [0.2, 0.25) is 5.02 Å². The van der Waals surface area contributed by atoms with Crippen molar-refractivity contribution in [1.29, 1.82) is 0 Å². The lowest BCUT2D eigenvalue weighted by atomic mass is 10.2. The van der Waals surface area contributed by atoms with Crippen molar-refractivity contribution in [1.82, 2.24) is 15.2 Å². The Kier molecular flexibility index (Phi) is 9.73. The number of likely N-dealkylation sites (N-methyl/N-ethyl adjacent to an activating group) is 2. The SMILES string of the molecule is CNCCN(C)C(=O)c1sc(-c2cccc(Cl)c2)nc1C.Cl.Cl. The molecule has 128 valence electrons. The fourth-order valence-corrected chi connectivity index (χ4v) is 3.14. The van der Waals surface area contributed by atoms with E-state index in [1.807, 2.05) is 38.2 Å². The van der Waals surface area contributed by atoms with Gasteiger partial charge in [-0.3, -0.25) is 4.79 Å². The highest BCUT2D eigenvalue weighted by Crippen LogP contribution is 2.30. The number of nitrogens with one attached hydrogen (secondary N) is 1. The third-order valence-corrected chi connectivity index (χ3v) is 4.54. The van der Waals surface area contributed by atoms with Gasteiger partial charge in [-0.05, 0) is 26.1 Å². The van der Waals surface area contributed by atoms with Crippen LogP contribution in [0.25, 0.3) is 10.6 Å². The zero-order chi connectivity index (χ0) is 15.4. The predicted octanol–water partition coefficient (Wildman–Crippen LogP) is 3.91. The Hall–Kier alpha value is -0.850. The first kappa shape index (κ1) is 22.1. The number of benzene rings is 1. The van der Waals surface area contributed by atoms with Crippen LogP contribution in [0.3, 0.4) is 0 Å². The van der Waals surface area contributed by atoms with Crippen molar-refractivity contribution in [3.63, 3.8) is 0 Å². The van der Waals surface area contributed by atoms with E-state index in [0.717, 1.165) is 22.8 Å². The average molecular weight is 397 g/mol. The van der Waals surface area contributed by atoms with E-state index >= 15 is 0 Å². The standard InChI is InChI=1S/C15H18ClN3OS.2ClH/c1-10-13(15(20)19(3)8-7-17-2)21-14(18-10)11-5-4-6-12(16)9-11;;/h4-6,9,17H,7-8H2,1-3H3;2*1H. The highest BCUT2D eigenvalue weighted by Gasteiger charge is 2.19. The summed E-state index contributed by atoms with van der Waals surface area (Å²) >= 11 is 7.42. The van der Waals surface area contributed by atoms with E-state index < -0.39 is 0 Å². The van der Waals surface area contributed by atoms with Gasteiger partial charge in [0.1, 0.15) is 9.88 Å². The molecule has 0 aliphatic carbocycles. The van der Waals surface area contributed by atoms with Gasteiger partial charge in [-0.2, -0.15) is 0 Å². The molecule has 0 fully saturated rings. The van der Waals surface area contributed by atoms with Crippen LogP contribution in [0.4, 0.5) is 0 Å². The zero-order valence-corrected chi connectivity index (χ0v) is 16.3. The number of hydrogen-bond acceptors (Lipinski definition) is 4. The van der Waals surface area contributed by atoms with Crippen LogP contribution in [0.5, 0.6) is 0 Å². The minimum Gasteiger partial charge on any atom is -0.340 e. The van der Waals surface area contributed by atoms with Crippen LogP contribution >= 0.6 is 47.8 Å². The number of thiazole rings is 1. The maximum absolute atomic E-state index is 12.4. The van der Waals surface area contributed by atoms with Crippen LogP contribution in [0, 0.1) is 6.92 Å². The number of carbonyl (C=O) groups is 1. The minimum absolute atomic E-state index is 0. The summed E-state index contributed by atoms with van der Waals surface area (Å²) < 4.78 is 0. The Balaban J connectivity index is 0.00000242. The van der Waals surface area contributed by atoms with Crippen molar-refractivity contribution < 1.29 is 4.79 Å². The van der Waals surface area contributed by atoms with E-state index in [4.69, 9.17) is 11.6 Å². The molecule has 2 rings (SSSR count). The summed E-state index contributed by atoms with van der Waals surface area (Å²) in [6.07, 6.45) is 0. The van der Waals surface area contributed by atoms with Crippen LogP contribution in [0.1, 0.15) is 15.4 Å². The topological polar surface area (TPSA) is 45.2 Å². The normalized spacial score (nSPS) is 9.74. The molecule has 8 heteroatoms. The summed E-state index contributed by atoms with van der Waals surface area (Å²) in [6.45, 7) is 3.30. The lowest BCUT2D eigenvalue weighted by Gasteiger charge is -2.15. The third kappa shape index (κ3) is 5.62. The predicted molar refractivity (Wildman–Crippen MR) is 103 cm³/mol. The molecule has 23 heavy (non-hydrogen) atoms. The highest BCUT2D eigenvalue weighted by molar-refractivity contribution is 7.17. The largest absolute Gasteiger partial charge is 0.340 e. The first-order chi connectivity index (χ1) is 10.0. The zero-order valence-electron chi connectivity index (χ0n) is 13.1. The molecule has 0 unspecified atom stereocenters. The number of halogens is 3. The molecule has 0 atom stereocenters. The maximum atomic E-state index is 12.4. The number of rotatable bonds is 5. The molecule has 1 heterocycles. The van der Waals surface area contributed by atoms with Crippen molar-refractivity contribution in [3.05, 3.63) is 39.9 Å². The van der Waals surface area contributed by atoms with E-state index in [1.165, 1.54) is 11.3 Å². The Morgan fingerprint density at radius 1 is 1.39 bits per heavy atom. The monoisotopic (exact) mass is 395 g/mol. The van der Waals surface area contributed by atoms with Crippen LogP contribution < -0.4 is 5.32 Å². The molecule has 2 aromatic rings. The molecular formula is C15H20Cl3N3OS. The fourth-order valence-electron chi connectivity index (χ4n) is 1.89. The van der Waals surface area contributed by atoms with E-state index in [2.05, 4.69) is 10.3 Å². The Labute approximate surface area is 158 Å². The van der Waals surface area contributed by atoms with Crippen molar-refractivity contribution in [2.24, 2.45) is 0 Å². The number of carbonyl (C=O) groups excluding carboxylic acids is 1. The van der Waals surface area contributed by atoms with Gasteiger partial charge in [0.25, 0.3) is 5.91 Å². The van der Waals surface area contributed by atoms with Crippen molar-refractivity contribution >= 4 is 53.7 Å². The quantitative estimate of drug-likeness (QED) is 0.833. The molecule has 0 aliphatic heterocycles. The fraction of sp³-hybridized carbons (Fsp3) is 0.333. The molecule has 1 aromatic heterocycles. The van der Waals surface area contributed by atoms with E-state index in [1.54, 1.807) is 11.9 Å². The van der Waals surface area contributed by atoms with Gasteiger partial charge >= 0.3 is 0 Å². The molecule has 0 saturated heterocycles. The van der Waals surface area contributed by atoms with Gasteiger partial charge in [0.05, 0.1) is 5.69 Å². The number of amides is 1. The maximum Gasteiger partial charge on any atom is 0.265 e. The van der Waals surface area contributed by atoms with Crippen LogP contribution in [0.15, 0.2) is 24.3 Å². The molecule has 1 amide bonds. The van der Waals surface area contributed by atoms with Gasteiger partial charge in [0, 0.05) is 30.7 Å². The summed E-state index contributed by atoms with van der Waals surface area (Å²) in [7, 11) is 3.67. The number of hydrogen-bond donors (Lipinski definition) is 1. The van der Waals surface area contributed by atoms with Crippen molar-refractivity contribution in [3.8, 4) is 10.6 Å². The molecule has 4 nitrogen and oxygen atoms in total. The molecule has 0 radical (unpaired) electrons. The second kappa shape index (κ2) is 10.1. The molecule has 1 N–H and O–H groups in total. The van der Waals surface area contributed by atoms with Crippen molar-refractivity contribution in [2.45, 2.75) is 6.92 Å². The van der Waals surface area contributed by atoms with Gasteiger partial charge in [0.15, 0.2) is 0 Å². The number of aromatic nitrogens is 1. The van der Waals surface area contributed by atoms with Gasteiger partial charge in [-0.25, -0.2) is 4.98 Å². The van der Waals surface area contributed by atoms with Gasteiger partial charge in [-0.1, -0.05) is 23.7 Å². The Bertz CT molecular complexity index is 649. The third-order valence-electron chi connectivity index (χ3n) is 3.11. The van der Waals surface area contributed by atoms with E-state index in [9.17, 15) is 4.79 Å². The average Bonchev–Trinajstić information content (AvgIpc) is 2.86. The number of nitrogens with zero attached hydrogens (tertiary/aromatic N) is 2. The minimum atomic E-state index is 0. The Morgan fingerprint density at radius 3 is 2.70 bits per heavy atom. The molecule has 0 bridgehead atoms. The summed E-state index contributed by atoms with van der Waals surface area (Å²) in [5, 5.41) is 4.52. The summed E-state index contributed by atoms with van der Waals surface area (Å²) in [6, 6.07) is 7.51. The lowest BCUT2D eigenvalue weighted by molar-refractivity contribution is 0.0800. The number of aryl methyl sites for hydroxylation is 1. The van der Waals surface area contributed by atoms with Crippen LogP contribution in [-0.2, 0) is 0 Å². The Morgan fingerprint density at radius 2 is 2.09 bits per heavy atom. The second-order valence-corrected chi connectivity index (χ2v) is 6.21.